The number of aliphatic hydroxyl groups excluding tert-OH is 1. The first-order valence-electron chi connectivity index (χ1n) is 9.15. The third-order valence-corrected chi connectivity index (χ3v) is 4.93. The molecule has 0 saturated carbocycles. The number of hydrogen-bond acceptors (Lipinski definition) is 4. The van der Waals surface area contributed by atoms with Gasteiger partial charge in [0, 0.05) is 44.3 Å². The molecular weight excluding hydrogens is 348 g/mol. The molecule has 0 spiro atoms. The number of benzene rings is 2. The second kappa shape index (κ2) is 9.38. The summed E-state index contributed by atoms with van der Waals surface area (Å²) in [7, 11) is 0. The molecule has 5 heteroatoms. The van der Waals surface area contributed by atoms with Crippen molar-refractivity contribution in [2.24, 2.45) is 0 Å². The van der Waals surface area contributed by atoms with Crippen LogP contribution in [0.4, 0.5) is 0 Å². The van der Waals surface area contributed by atoms with Crippen LogP contribution in [0, 0.1) is 6.92 Å². The topological polar surface area (TPSA) is 35.9 Å². The molecule has 0 bridgehead atoms. The van der Waals surface area contributed by atoms with E-state index in [4.69, 9.17) is 16.3 Å². The van der Waals surface area contributed by atoms with Gasteiger partial charge in [-0.2, -0.15) is 0 Å². The van der Waals surface area contributed by atoms with Crippen LogP contribution < -0.4 is 4.74 Å². The lowest BCUT2D eigenvalue weighted by molar-refractivity contribution is 0.0446. The zero-order valence-electron chi connectivity index (χ0n) is 15.3. The van der Waals surface area contributed by atoms with Crippen molar-refractivity contribution in [1.82, 2.24) is 9.80 Å². The van der Waals surface area contributed by atoms with Gasteiger partial charge in [-0.25, -0.2) is 0 Å². The van der Waals surface area contributed by atoms with Crippen molar-refractivity contribution in [3.63, 3.8) is 0 Å². The molecule has 1 atom stereocenters. The zero-order valence-corrected chi connectivity index (χ0v) is 16.0. The quantitative estimate of drug-likeness (QED) is 0.807. The van der Waals surface area contributed by atoms with E-state index in [1.165, 1.54) is 11.1 Å². The highest BCUT2D eigenvalue weighted by atomic mass is 35.5. The third-order valence-electron chi connectivity index (χ3n) is 4.69. The third kappa shape index (κ3) is 5.99. The Morgan fingerprint density at radius 2 is 1.73 bits per heavy atom. The van der Waals surface area contributed by atoms with Gasteiger partial charge in [-0.1, -0.05) is 41.4 Å². The Kier molecular flexibility index (Phi) is 6.92. The summed E-state index contributed by atoms with van der Waals surface area (Å²) >= 11 is 6.06. The normalized spacial score (nSPS) is 17.2. The Morgan fingerprint density at radius 1 is 1.04 bits per heavy atom. The second-order valence-electron chi connectivity index (χ2n) is 6.98. The van der Waals surface area contributed by atoms with Crippen molar-refractivity contribution in [3.05, 3.63) is 64.7 Å². The van der Waals surface area contributed by atoms with Crippen LogP contribution in [0.25, 0.3) is 0 Å². The van der Waals surface area contributed by atoms with Crippen molar-refractivity contribution in [2.75, 3.05) is 39.3 Å². The fraction of sp³-hybridized carbons (Fsp3) is 0.429. The largest absolute Gasteiger partial charge is 0.491 e. The van der Waals surface area contributed by atoms with Gasteiger partial charge in [0.15, 0.2) is 0 Å². The number of aryl methyl sites for hydroxylation is 1. The average molecular weight is 375 g/mol. The van der Waals surface area contributed by atoms with Crippen LogP contribution >= 0.6 is 11.6 Å². The maximum absolute atomic E-state index is 10.3. The van der Waals surface area contributed by atoms with Crippen molar-refractivity contribution in [1.29, 1.82) is 0 Å². The van der Waals surface area contributed by atoms with Crippen LogP contribution in [0.1, 0.15) is 11.1 Å². The summed E-state index contributed by atoms with van der Waals surface area (Å²) in [4.78, 5) is 4.73. The van der Waals surface area contributed by atoms with Crippen LogP contribution in [0.2, 0.25) is 5.02 Å². The number of rotatable bonds is 7. The fourth-order valence-corrected chi connectivity index (χ4v) is 3.41. The van der Waals surface area contributed by atoms with E-state index >= 15 is 0 Å². The van der Waals surface area contributed by atoms with Crippen LogP contribution in [0.3, 0.4) is 0 Å². The Morgan fingerprint density at radius 3 is 2.42 bits per heavy atom. The van der Waals surface area contributed by atoms with E-state index in [0.717, 1.165) is 43.5 Å². The van der Waals surface area contributed by atoms with Crippen molar-refractivity contribution in [3.8, 4) is 5.75 Å². The van der Waals surface area contributed by atoms with Gasteiger partial charge < -0.3 is 9.84 Å². The number of halogens is 1. The molecule has 1 N–H and O–H groups in total. The minimum Gasteiger partial charge on any atom is -0.491 e. The molecule has 2 aromatic rings. The Balaban J connectivity index is 1.37. The van der Waals surface area contributed by atoms with Gasteiger partial charge in [0.2, 0.25) is 0 Å². The summed E-state index contributed by atoms with van der Waals surface area (Å²) in [6.07, 6.45) is -0.476. The minimum atomic E-state index is -0.476. The Labute approximate surface area is 160 Å². The van der Waals surface area contributed by atoms with Crippen LogP contribution in [0.15, 0.2) is 48.5 Å². The number of hydrogen-bond donors (Lipinski definition) is 1. The SMILES string of the molecule is Cc1ccc(OCC(O)CN2CCN(Cc3cccc(Cl)c3)CC2)cc1. The number of piperazine rings is 1. The maximum Gasteiger partial charge on any atom is 0.119 e. The molecule has 0 radical (unpaired) electrons. The molecule has 140 valence electrons. The van der Waals surface area contributed by atoms with E-state index in [9.17, 15) is 5.11 Å². The van der Waals surface area contributed by atoms with E-state index in [0.29, 0.717) is 13.2 Å². The molecule has 1 saturated heterocycles. The molecule has 1 unspecified atom stereocenters. The molecule has 1 aliphatic heterocycles. The lowest BCUT2D eigenvalue weighted by atomic mass is 10.2. The lowest BCUT2D eigenvalue weighted by Gasteiger charge is -2.35. The monoisotopic (exact) mass is 374 g/mol. The highest BCUT2D eigenvalue weighted by molar-refractivity contribution is 6.30. The van der Waals surface area contributed by atoms with Gasteiger partial charge in [-0.3, -0.25) is 9.80 Å². The molecule has 0 amide bonds. The summed E-state index contributed by atoms with van der Waals surface area (Å²) < 4.78 is 5.68. The number of β-amino-alcohol motifs (C(OH)–C–C–N with tert-alkyl or cyclic N) is 1. The second-order valence-corrected chi connectivity index (χ2v) is 7.42. The molecule has 26 heavy (non-hydrogen) atoms. The van der Waals surface area contributed by atoms with E-state index in [-0.39, 0.29) is 0 Å². The van der Waals surface area contributed by atoms with Gasteiger partial charge in [0.1, 0.15) is 18.5 Å². The van der Waals surface area contributed by atoms with Crippen molar-refractivity contribution in [2.45, 2.75) is 19.6 Å². The van der Waals surface area contributed by atoms with E-state index in [2.05, 4.69) is 15.9 Å². The van der Waals surface area contributed by atoms with Crippen LogP contribution in [0.5, 0.6) is 5.75 Å². The summed E-state index contributed by atoms with van der Waals surface area (Å²) in [5, 5.41) is 11.0. The van der Waals surface area contributed by atoms with Gasteiger partial charge in [-0.05, 0) is 36.8 Å². The first-order chi connectivity index (χ1) is 12.6. The number of nitrogens with zero attached hydrogens (tertiary/aromatic N) is 2. The Bertz CT molecular complexity index is 685. The average Bonchev–Trinajstić information content (AvgIpc) is 2.63. The molecule has 1 heterocycles. The molecule has 1 fully saturated rings. The fourth-order valence-electron chi connectivity index (χ4n) is 3.20. The van der Waals surface area contributed by atoms with E-state index in [1.54, 1.807) is 0 Å². The molecule has 2 aromatic carbocycles. The summed E-state index contributed by atoms with van der Waals surface area (Å²) in [6, 6.07) is 16.0. The van der Waals surface area contributed by atoms with E-state index in [1.807, 2.05) is 49.4 Å². The summed E-state index contributed by atoms with van der Waals surface area (Å²) in [5.74, 6) is 0.806. The molecule has 3 rings (SSSR count). The number of ether oxygens (including phenoxy) is 1. The molecule has 0 aliphatic carbocycles. The smallest absolute Gasteiger partial charge is 0.119 e. The highest BCUT2D eigenvalue weighted by Crippen LogP contribution is 2.15. The molecule has 0 aromatic heterocycles. The summed E-state index contributed by atoms with van der Waals surface area (Å²) in [5.41, 5.74) is 2.45. The predicted octanol–water partition coefficient (Wildman–Crippen LogP) is 3.21. The first-order valence-corrected chi connectivity index (χ1v) is 9.53. The minimum absolute atomic E-state index is 0.325. The standard InChI is InChI=1S/C21H27ClN2O2/c1-17-5-7-21(8-6-17)26-16-20(25)15-24-11-9-23(10-12-24)14-18-3-2-4-19(22)13-18/h2-8,13,20,25H,9-12,14-16H2,1H3. The highest BCUT2D eigenvalue weighted by Gasteiger charge is 2.19. The maximum atomic E-state index is 10.3. The first kappa shape index (κ1) is 19.2. The van der Waals surface area contributed by atoms with Crippen LogP contribution in [-0.4, -0.2) is 60.3 Å². The molecule has 1 aliphatic rings. The predicted molar refractivity (Wildman–Crippen MR) is 106 cm³/mol. The van der Waals surface area contributed by atoms with Gasteiger partial charge in [0.25, 0.3) is 0 Å². The zero-order chi connectivity index (χ0) is 18.4. The lowest BCUT2D eigenvalue weighted by Crippen LogP contribution is -2.48. The van der Waals surface area contributed by atoms with Crippen molar-refractivity contribution < 1.29 is 9.84 Å². The molecular formula is C21H27ClN2O2. The van der Waals surface area contributed by atoms with Crippen molar-refractivity contribution >= 4 is 11.6 Å². The van der Waals surface area contributed by atoms with Gasteiger partial charge in [0.05, 0.1) is 0 Å². The van der Waals surface area contributed by atoms with Gasteiger partial charge in [-0.15, -0.1) is 0 Å². The van der Waals surface area contributed by atoms with Gasteiger partial charge >= 0.3 is 0 Å². The van der Waals surface area contributed by atoms with Crippen LogP contribution in [-0.2, 0) is 6.54 Å². The van der Waals surface area contributed by atoms with E-state index < -0.39 is 6.10 Å². The molecule has 4 nitrogen and oxygen atoms in total. The number of aliphatic hydroxyl groups is 1. The summed E-state index contributed by atoms with van der Waals surface area (Å²) in [6.45, 7) is 7.86. The Hall–Kier alpha value is -1.59.